The van der Waals surface area contributed by atoms with Crippen LogP contribution in [-0.2, 0) is 16.6 Å². The second kappa shape index (κ2) is 6.08. The molecule has 0 saturated heterocycles. The second-order valence-electron chi connectivity index (χ2n) is 5.29. The normalized spacial score (nSPS) is 15.5. The minimum Gasteiger partial charge on any atom is -0.387 e. The van der Waals surface area contributed by atoms with Gasteiger partial charge in [-0.15, -0.1) is 0 Å². The smallest absolute Gasteiger partial charge is 0.245 e. The van der Waals surface area contributed by atoms with E-state index < -0.39 is 15.6 Å². The maximum Gasteiger partial charge on any atom is 0.245 e. The van der Waals surface area contributed by atoms with Crippen LogP contribution in [0, 0.1) is 0 Å². The number of aryl methyl sites for hydroxylation is 1. The molecule has 1 atom stereocenters. The number of aliphatic hydroxyl groups is 1. The molecule has 1 rings (SSSR count). The van der Waals surface area contributed by atoms with Crippen molar-refractivity contribution < 1.29 is 13.5 Å². The molecule has 1 unspecified atom stereocenters. The van der Waals surface area contributed by atoms with Gasteiger partial charge in [0.25, 0.3) is 0 Å². The maximum absolute atomic E-state index is 12.1. The molecule has 20 heavy (non-hydrogen) atoms. The maximum atomic E-state index is 12.1. The molecule has 0 aliphatic heterocycles. The second-order valence-corrected chi connectivity index (χ2v) is 7.03. The monoisotopic (exact) mass is 305 g/mol. The molecule has 4 N–H and O–H groups in total. The first-order chi connectivity index (χ1) is 9.07. The summed E-state index contributed by atoms with van der Waals surface area (Å²) in [6.45, 7) is 4.15. The molecule has 9 heteroatoms. The highest BCUT2D eigenvalue weighted by Crippen LogP contribution is 2.16. The molecule has 0 fully saturated rings. The number of hydrogen-bond acceptors (Lipinski definition) is 6. The Balaban J connectivity index is 2.82. The summed E-state index contributed by atoms with van der Waals surface area (Å²) in [6.07, 6.45) is 1.37. The van der Waals surface area contributed by atoms with Crippen LogP contribution in [0.5, 0.6) is 0 Å². The highest BCUT2D eigenvalue weighted by molar-refractivity contribution is 7.89. The lowest BCUT2D eigenvalue weighted by Gasteiger charge is -2.26. The average Bonchev–Trinajstić information content (AvgIpc) is 2.67. The summed E-state index contributed by atoms with van der Waals surface area (Å²) < 4.78 is 28.1. The third-order valence-corrected chi connectivity index (χ3v) is 4.09. The van der Waals surface area contributed by atoms with E-state index in [1.807, 2.05) is 6.92 Å². The van der Waals surface area contributed by atoms with Gasteiger partial charge in [-0.1, -0.05) is 0 Å². The van der Waals surface area contributed by atoms with E-state index in [0.29, 0.717) is 13.1 Å². The van der Waals surface area contributed by atoms with Crippen LogP contribution in [0.2, 0.25) is 0 Å². The Kier molecular flexibility index (Phi) is 5.14. The molecular weight excluding hydrogens is 282 g/mol. The van der Waals surface area contributed by atoms with Gasteiger partial charge in [0.2, 0.25) is 10.0 Å². The molecule has 0 radical (unpaired) electrons. The number of anilines is 1. The van der Waals surface area contributed by atoms with Gasteiger partial charge in [0.05, 0.1) is 5.60 Å². The lowest BCUT2D eigenvalue weighted by Crippen LogP contribution is -2.47. The van der Waals surface area contributed by atoms with Crippen molar-refractivity contribution >= 4 is 15.8 Å². The quantitative estimate of drug-likeness (QED) is 0.600. The predicted molar refractivity (Wildman–Crippen MR) is 76.7 cm³/mol. The first kappa shape index (κ1) is 16.9. The fourth-order valence-corrected chi connectivity index (χ4v) is 3.09. The van der Waals surface area contributed by atoms with E-state index >= 15 is 0 Å². The van der Waals surface area contributed by atoms with E-state index in [1.54, 1.807) is 25.9 Å². The van der Waals surface area contributed by atoms with Crippen LogP contribution < -0.4 is 10.5 Å². The van der Waals surface area contributed by atoms with Gasteiger partial charge in [-0.25, -0.2) is 13.1 Å². The van der Waals surface area contributed by atoms with E-state index in [1.165, 1.54) is 10.9 Å². The number of nitrogens with zero attached hydrogens (tertiary/aromatic N) is 3. The molecule has 0 spiro atoms. The van der Waals surface area contributed by atoms with Crippen molar-refractivity contribution in [2.24, 2.45) is 0 Å². The average molecular weight is 305 g/mol. The zero-order valence-electron chi connectivity index (χ0n) is 12.3. The Morgan fingerprint density at radius 1 is 1.55 bits per heavy atom. The molecule has 0 aliphatic carbocycles. The van der Waals surface area contributed by atoms with Crippen molar-refractivity contribution in [2.75, 3.05) is 32.9 Å². The SMILES string of the molecule is CCn1cc(S(=O)(=O)NCC(C)(O)CN(C)C)c(N)n1. The number of hydrogen-bond donors (Lipinski definition) is 3. The van der Waals surface area contributed by atoms with Crippen LogP contribution in [0.4, 0.5) is 5.82 Å². The summed E-state index contributed by atoms with van der Waals surface area (Å²) in [7, 11) is -0.190. The van der Waals surface area contributed by atoms with Crippen LogP contribution in [0.1, 0.15) is 13.8 Å². The molecule has 8 nitrogen and oxygen atoms in total. The topological polar surface area (TPSA) is 113 Å². The van der Waals surface area contributed by atoms with E-state index in [-0.39, 0.29) is 17.3 Å². The largest absolute Gasteiger partial charge is 0.387 e. The van der Waals surface area contributed by atoms with E-state index in [2.05, 4.69) is 9.82 Å². The molecule has 1 aromatic heterocycles. The van der Waals surface area contributed by atoms with E-state index in [0.717, 1.165) is 0 Å². The lowest BCUT2D eigenvalue weighted by atomic mass is 10.1. The van der Waals surface area contributed by atoms with Crippen LogP contribution in [0.25, 0.3) is 0 Å². The van der Waals surface area contributed by atoms with Gasteiger partial charge < -0.3 is 15.7 Å². The van der Waals surface area contributed by atoms with E-state index in [4.69, 9.17) is 5.73 Å². The van der Waals surface area contributed by atoms with Crippen molar-refractivity contribution in [3.05, 3.63) is 6.20 Å². The highest BCUT2D eigenvalue weighted by atomic mass is 32.2. The Morgan fingerprint density at radius 2 is 2.15 bits per heavy atom. The van der Waals surface area contributed by atoms with Crippen LogP contribution in [0.15, 0.2) is 11.1 Å². The van der Waals surface area contributed by atoms with E-state index in [9.17, 15) is 13.5 Å². The highest BCUT2D eigenvalue weighted by Gasteiger charge is 2.27. The zero-order chi connectivity index (χ0) is 15.6. The number of nitrogens with one attached hydrogen (secondary N) is 1. The minimum atomic E-state index is -3.79. The van der Waals surface area contributed by atoms with Crippen LogP contribution >= 0.6 is 0 Å². The van der Waals surface area contributed by atoms with Gasteiger partial charge in [-0.2, -0.15) is 5.10 Å². The van der Waals surface area contributed by atoms with Crippen molar-refractivity contribution in [3.8, 4) is 0 Å². The Hall–Kier alpha value is -1.16. The van der Waals surface area contributed by atoms with Crippen molar-refractivity contribution in [3.63, 3.8) is 0 Å². The van der Waals surface area contributed by atoms with Crippen molar-refractivity contribution in [1.29, 1.82) is 0 Å². The van der Waals surface area contributed by atoms with Crippen molar-refractivity contribution in [1.82, 2.24) is 19.4 Å². The number of rotatable bonds is 7. The Bertz CT molecular complexity index is 550. The lowest BCUT2D eigenvalue weighted by molar-refractivity contribution is 0.0386. The zero-order valence-corrected chi connectivity index (χ0v) is 13.1. The number of sulfonamides is 1. The fourth-order valence-electron chi connectivity index (χ4n) is 1.85. The third kappa shape index (κ3) is 4.44. The summed E-state index contributed by atoms with van der Waals surface area (Å²) in [6, 6.07) is 0. The first-order valence-electron chi connectivity index (χ1n) is 6.27. The number of likely N-dealkylation sites (N-methyl/N-ethyl adjacent to an activating group) is 1. The molecule has 0 aliphatic rings. The molecular formula is C11H23N5O3S. The molecule has 0 bridgehead atoms. The third-order valence-electron chi connectivity index (χ3n) is 2.67. The molecule has 0 aromatic carbocycles. The molecule has 1 aromatic rings. The first-order valence-corrected chi connectivity index (χ1v) is 7.75. The van der Waals surface area contributed by atoms with Gasteiger partial charge in [0.1, 0.15) is 4.90 Å². The van der Waals surface area contributed by atoms with Gasteiger partial charge in [0, 0.05) is 25.8 Å². The summed E-state index contributed by atoms with van der Waals surface area (Å²) in [5.41, 5.74) is 4.43. The summed E-state index contributed by atoms with van der Waals surface area (Å²) in [4.78, 5) is 1.71. The Morgan fingerprint density at radius 3 is 2.60 bits per heavy atom. The number of nitrogen functional groups attached to an aromatic ring is 1. The summed E-state index contributed by atoms with van der Waals surface area (Å²) in [5, 5.41) is 14.0. The van der Waals surface area contributed by atoms with Crippen LogP contribution in [0.3, 0.4) is 0 Å². The molecule has 0 saturated carbocycles. The van der Waals surface area contributed by atoms with Gasteiger partial charge >= 0.3 is 0 Å². The molecule has 116 valence electrons. The number of nitrogens with two attached hydrogens (primary N) is 1. The van der Waals surface area contributed by atoms with Gasteiger partial charge in [0.15, 0.2) is 5.82 Å². The fraction of sp³-hybridized carbons (Fsp3) is 0.727. The predicted octanol–water partition coefficient (Wildman–Crippen LogP) is -0.924. The Labute approximate surface area is 119 Å². The van der Waals surface area contributed by atoms with Crippen LogP contribution in [-0.4, -0.2) is 61.0 Å². The summed E-state index contributed by atoms with van der Waals surface area (Å²) in [5.74, 6) is -0.0494. The standard InChI is InChI=1S/C11H23N5O3S/c1-5-16-6-9(10(12)14-16)20(18,19)13-7-11(2,17)8-15(3)4/h6,13,17H,5,7-8H2,1-4H3,(H2,12,14). The van der Waals surface area contributed by atoms with Crippen molar-refractivity contribution in [2.45, 2.75) is 30.9 Å². The minimum absolute atomic E-state index is 0.0494. The molecule has 0 amide bonds. The summed E-state index contributed by atoms with van der Waals surface area (Å²) >= 11 is 0. The molecule has 1 heterocycles. The number of aromatic nitrogens is 2. The van der Waals surface area contributed by atoms with Gasteiger partial charge in [-0.3, -0.25) is 4.68 Å². The van der Waals surface area contributed by atoms with Gasteiger partial charge in [-0.05, 0) is 27.9 Å².